The van der Waals surface area contributed by atoms with Crippen molar-refractivity contribution in [1.29, 1.82) is 0 Å². The second-order valence-electron chi connectivity index (χ2n) is 4.14. The lowest BCUT2D eigenvalue weighted by molar-refractivity contribution is 0.112. The zero-order chi connectivity index (χ0) is 14.0. The summed E-state index contributed by atoms with van der Waals surface area (Å²) < 4.78 is 28.1. The standard InChI is InChI=1S/C14H14F2N2O/c1-3-12-10(8-19)13(4-2)18(17-12)14-6-5-9(15)7-11(14)16/h5-8H,3-4H2,1-2H3. The Bertz CT molecular complexity index is 620. The molecule has 0 saturated heterocycles. The summed E-state index contributed by atoms with van der Waals surface area (Å²) in [6, 6.07) is 3.30. The zero-order valence-corrected chi connectivity index (χ0v) is 10.8. The molecule has 5 heteroatoms. The highest BCUT2D eigenvalue weighted by molar-refractivity contribution is 5.78. The van der Waals surface area contributed by atoms with Crippen molar-refractivity contribution in [1.82, 2.24) is 9.78 Å². The van der Waals surface area contributed by atoms with Crippen LogP contribution in [0.4, 0.5) is 8.78 Å². The molecular weight excluding hydrogens is 250 g/mol. The summed E-state index contributed by atoms with van der Waals surface area (Å²) in [5, 5.41) is 4.25. The molecule has 0 N–H and O–H groups in total. The van der Waals surface area contributed by atoms with E-state index in [1.165, 1.54) is 16.8 Å². The van der Waals surface area contributed by atoms with Gasteiger partial charge >= 0.3 is 0 Å². The van der Waals surface area contributed by atoms with Crippen LogP contribution in [0.1, 0.15) is 35.6 Å². The van der Waals surface area contributed by atoms with Crippen molar-refractivity contribution in [3.8, 4) is 5.69 Å². The van der Waals surface area contributed by atoms with Crippen molar-refractivity contribution in [2.24, 2.45) is 0 Å². The van der Waals surface area contributed by atoms with Crippen molar-refractivity contribution >= 4 is 6.29 Å². The number of carbonyl (C=O) groups excluding carboxylic acids is 1. The van der Waals surface area contributed by atoms with Crippen LogP contribution in [0.3, 0.4) is 0 Å². The maximum absolute atomic E-state index is 13.8. The third-order valence-electron chi connectivity index (χ3n) is 3.02. The Kier molecular flexibility index (Phi) is 3.74. The van der Waals surface area contributed by atoms with Gasteiger partial charge < -0.3 is 0 Å². The normalized spacial score (nSPS) is 10.7. The smallest absolute Gasteiger partial charge is 0.153 e. The van der Waals surface area contributed by atoms with Crippen molar-refractivity contribution in [3.63, 3.8) is 0 Å². The van der Waals surface area contributed by atoms with Crippen molar-refractivity contribution in [2.45, 2.75) is 26.7 Å². The SMILES string of the molecule is CCc1nn(-c2ccc(F)cc2F)c(CC)c1C=O. The van der Waals surface area contributed by atoms with Crippen LogP contribution in [0.2, 0.25) is 0 Å². The van der Waals surface area contributed by atoms with E-state index in [0.29, 0.717) is 29.8 Å². The molecule has 19 heavy (non-hydrogen) atoms. The van der Waals surface area contributed by atoms with Gasteiger partial charge in [0.05, 0.1) is 17.0 Å². The molecule has 0 radical (unpaired) electrons. The Morgan fingerprint density at radius 1 is 1.26 bits per heavy atom. The Morgan fingerprint density at radius 3 is 2.53 bits per heavy atom. The molecule has 0 saturated carbocycles. The number of hydrogen-bond donors (Lipinski definition) is 0. The van der Waals surface area contributed by atoms with Gasteiger partial charge in [-0.15, -0.1) is 0 Å². The van der Waals surface area contributed by atoms with Crippen molar-refractivity contribution < 1.29 is 13.6 Å². The number of benzene rings is 1. The van der Waals surface area contributed by atoms with Crippen LogP contribution >= 0.6 is 0 Å². The highest BCUT2D eigenvalue weighted by Crippen LogP contribution is 2.21. The Balaban J connectivity index is 2.67. The van der Waals surface area contributed by atoms with E-state index in [-0.39, 0.29) is 5.69 Å². The molecule has 100 valence electrons. The van der Waals surface area contributed by atoms with E-state index in [9.17, 15) is 13.6 Å². The van der Waals surface area contributed by atoms with Crippen LogP contribution in [0.5, 0.6) is 0 Å². The van der Waals surface area contributed by atoms with E-state index in [2.05, 4.69) is 5.10 Å². The summed E-state index contributed by atoms with van der Waals surface area (Å²) in [6.45, 7) is 3.74. The van der Waals surface area contributed by atoms with Gasteiger partial charge in [-0.25, -0.2) is 13.5 Å². The molecule has 3 nitrogen and oxygen atoms in total. The zero-order valence-electron chi connectivity index (χ0n) is 10.8. The number of carbonyl (C=O) groups is 1. The number of halogens is 2. The van der Waals surface area contributed by atoms with Gasteiger partial charge in [0.25, 0.3) is 0 Å². The predicted octanol–water partition coefficient (Wildman–Crippen LogP) is 3.09. The maximum atomic E-state index is 13.8. The largest absolute Gasteiger partial charge is 0.298 e. The van der Waals surface area contributed by atoms with Gasteiger partial charge in [0.15, 0.2) is 12.1 Å². The number of aromatic nitrogens is 2. The molecule has 0 amide bonds. The summed E-state index contributed by atoms with van der Waals surface area (Å²) >= 11 is 0. The third kappa shape index (κ3) is 2.28. The van der Waals surface area contributed by atoms with Gasteiger partial charge in [-0.3, -0.25) is 4.79 Å². The second-order valence-corrected chi connectivity index (χ2v) is 4.14. The Hall–Kier alpha value is -2.04. The van der Waals surface area contributed by atoms with Crippen molar-refractivity contribution in [2.75, 3.05) is 0 Å². The Morgan fingerprint density at radius 2 is 2.00 bits per heavy atom. The molecule has 1 heterocycles. The molecule has 0 aliphatic carbocycles. The van der Waals surface area contributed by atoms with Gasteiger partial charge in [0, 0.05) is 6.07 Å². The Labute approximate surface area is 109 Å². The highest BCUT2D eigenvalue weighted by Gasteiger charge is 2.18. The molecule has 1 aromatic carbocycles. The van der Waals surface area contributed by atoms with E-state index in [1.807, 2.05) is 13.8 Å². The average Bonchev–Trinajstić information content (AvgIpc) is 2.76. The highest BCUT2D eigenvalue weighted by atomic mass is 19.1. The first-order valence-corrected chi connectivity index (χ1v) is 6.13. The molecule has 0 spiro atoms. The fourth-order valence-corrected chi connectivity index (χ4v) is 2.11. The van der Waals surface area contributed by atoms with Crippen LogP contribution in [-0.4, -0.2) is 16.1 Å². The summed E-state index contributed by atoms with van der Waals surface area (Å²) in [5.41, 5.74) is 1.91. The minimum atomic E-state index is -0.697. The molecule has 2 aromatic rings. The van der Waals surface area contributed by atoms with Crippen LogP contribution < -0.4 is 0 Å². The van der Waals surface area contributed by atoms with E-state index < -0.39 is 11.6 Å². The first kappa shape index (κ1) is 13.4. The molecule has 0 atom stereocenters. The molecular formula is C14H14F2N2O. The van der Waals surface area contributed by atoms with E-state index in [4.69, 9.17) is 0 Å². The van der Waals surface area contributed by atoms with Gasteiger partial charge in [-0.1, -0.05) is 13.8 Å². The summed E-state index contributed by atoms with van der Waals surface area (Å²) in [5.74, 6) is -1.34. The minimum absolute atomic E-state index is 0.154. The molecule has 1 aromatic heterocycles. The van der Waals surface area contributed by atoms with Crippen LogP contribution in [0.25, 0.3) is 5.69 Å². The first-order chi connectivity index (χ1) is 9.12. The lowest BCUT2D eigenvalue weighted by Crippen LogP contribution is -2.05. The summed E-state index contributed by atoms with van der Waals surface area (Å²) in [6.07, 6.45) is 1.86. The van der Waals surface area contributed by atoms with Crippen LogP contribution in [-0.2, 0) is 12.8 Å². The lowest BCUT2D eigenvalue weighted by Gasteiger charge is -2.07. The van der Waals surface area contributed by atoms with E-state index in [0.717, 1.165) is 12.4 Å². The molecule has 0 fully saturated rings. The monoisotopic (exact) mass is 264 g/mol. The predicted molar refractivity (Wildman–Crippen MR) is 67.6 cm³/mol. The van der Waals surface area contributed by atoms with Crippen molar-refractivity contribution in [3.05, 3.63) is 46.8 Å². The van der Waals surface area contributed by atoms with Gasteiger partial charge in [0.2, 0.25) is 0 Å². The fourth-order valence-electron chi connectivity index (χ4n) is 2.11. The molecule has 0 aliphatic heterocycles. The molecule has 0 bridgehead atoms. The van der Waals surface area contributed by atoms with Gasteiger partial charge in [-0.2, -0.15) is 5.10 Å². The molecule has 2 rings (SSSR count). The van der Waals surface area contributed by atoms with Gasteiger partial charge in [-0.05, 0) is 25.0 Å². The van der Waals surface area contributed by atoms with Gasteiger partial charge in [0.1, 0.15) is 11.5 Å². The summed E-state index contributed by atoms with van der Waals surface area (Å²) in [4.78, 5) is 11.1. The number of aryl methyl sites for hydroxylation is 1. The first-order valence-electron chi connectivity index (χ1n) is 6.13. The third-order valence-corrected chi connectivity index (χ3v) is 3.02. The van der Waals surface area contributed by atoms with E-state index in [1.54, 1.807) is 0 Å². The second kappa shape index (κ2) is 5.30. The topological polar surface area (TPSA) is 34.9 Å². The minimum Gasteiger partial charge on any atom is -0.298 e. The molecule has 0 aliphatic rings. The average molecular weight is 264 g/mol. The van der Waals surface area contributed by atoms with Crippen LogP contribution in [0.15, 0.2) is 18.2 Å². The number of rotatable bonds is 4. The number of nitrogens with zero attached hydrogens (tertiary/aromatic N) is 2. The fraction of sp³-hybridized carbons (Fsp3) is 0.286. The number of hydrogen-bond acceptors (Lipinski definition) is 2. The summed E-state index contributed by atoms with van der Waals surface area (Å²) in [7, 11) is 0. The van der Waals surface area contributed by atoms with E-state index >= 15 is 0 Å². The molecule has 0 unspecified atom stereocenters. The number of aldehydes is 1. The maximum Gasteiger partial charge on any atom is 0.153 e. The lowest BCUT2D eigenvalue weighted by atomic mass is 10.1. The quantitative estimate of drug-likeness (QED) is 0.795. The van der Waals surface area contributed by atoms with Crippen LogP contribution in [0, 0.1) is 11.6 Å².